The Balaban J connectivity index is 0. The van der Waals surface area contributed by atoms with E-state index in [2.05, 4.69) is 91.0 Å². The van der Waals surface area contributed by atoms with Gasteiger partial charge >= 0.3 is 0 Å². The first-order valence-electron chi connectivity index (χ1n) is 15.7. The molecule has 0 radical (unpaired) electrons. The number of oxime groups is 1. The third kappa shape index (κ3) is 18.4. The van der Waals surface area contributed by atoms with Gasteiger partial charge in [0.2, 0.25) is 5.90 Å². The molecule has 37 heavy (non-hydrogen) atoms. The fraction of sp³-hybridized carbons (Fsp3) is 0.848. The van der Waals surface area contributed by atoms with Gasteiger partial charge in [0, 0.05) is 13.2 Å². The van der Waals surface area contributed by atoms with E-state index >= 15 is 0 Å². The normalized spacial score (nSPS) is 17.0. The highest BCUT2D eigenvalue weighted by atomic mass is 16.7. The fourth-order valence-corrected chi connectivity index (χ4v) is 4.64. The zero-order valence-electron chi connectivity index (χ0n) is 27.0. The van der Waals surface area contributed by atoms with Gasteiger partial charge in [-0.1, -0.05) is 130 Å². The molecule has 1 aliphatic heterocycles. The summed E-state index contributed by atoms with van der Waals surface area (Å²) in [4.78, 5) is 7.73. The van der Waals surface area contributed by atoms with E-state index in [4.69, 9.17) is 9.57 Å². The Hall–Kier alpha value is -1.45. The van der Waals surface area contributed by atoms with Gasteiger partial charge in [-0.25, -0.2) is 0 Å². The summed E-state index contributed by atoms with van der Waals surface area (Å²) in [7, 11) is 2.10. The van der Waals surface area contributed by atoms with Crippen molar-refractivity contribution in [3.8, 4) is 0 Å². The lowest BCUT2D eigenvalue weighted by Crippen LogP contribution is -2.40. The van der Waals surface area contributed by atoms with Crippen molar-refractivity contribution in [2.24, 2.45) is 16.5 Å². The number of ether oxygens (including phenoxy) is 1. The van der Waals surface area contributed by atoms with Crippen LogP contribution in [-0.4, -0.2) is 30.6 Å². The molecule has 0 aliphatic carbocycles. The second-order valence-corrected chi connectivity index (χ2v) is 10.8. The topological polar surface area (TPSA) is 34.1 Å². The van der Waals surface area contributed by atoms with Gasteiger partial charge in [-0.05, 0) is 51.1 Å². The molecule has 0 bridgehead atoms. The predicted octanol–water partition coefficient (Wildman–Crippen LogP) is 10.9. The molecule has 0 amide bonds. The van der Waals surface area contributed by atoms with Gasteiger partial charge in [-0.2, -0.15) is 0 Å². The van der Waals surface area contributed by atoms with Crippen molar-refractivity contribution in [2.45, 2.75) is 159 Å². The van der Waals surface area contributed by atoms with Crippen LogP contribution in [-0.2, 0) is 9.57 Å². The van der Waals surface area contributed by atoms with Crippen LogP contribution in [0.3, 0.4) is 0 Å². The van der Waals surface area contributed by atoms with Gasteiger partial charge in [0.1, 0.15) is 6.10 Å². The lowest BCUT2D eigenvalue weighted by molar-refractivity contribution is -0.00839. The van der Waals surface area contributed by atoms with Crippen LogP contribution in [0.4, 0.5) is 0 Å². The average molecular weight is 523 g/mol. The van der Waals surface area contributed by atoms with Gasteiger partial charge in [0.15, 0.2) is 6.61 Å². The van der Waals surface area contributed by atoms with E-state index in [1.165, 1.54) is 50.5 Å². The summed E-state index contributed by atoms with van der Waals surface area (Å²) in [6.07, 6.45) is 22.2. The van der Waals surface area contributed by atoms with E-state index < -0.39 is 0 Å². The number of unbranched alkanes of at least 4 members (excludes halogenated alkanes) is 4. The molecule has 0 aromatic rings. The van der Waals surface area contributed by atoms with Gasteiger partial charge in [-0.3, -0.25) is 0 Å². The van der Waals surface area contributed by atoms with Gasteiger partial charge in [-0.15, -0.1) is 0 Å². The Labute approximate surface area is 233 Å². The van der Waals surface area contributed by atoms with Crippen molar-refractivity contribution in [1.82, 2.24) is 4.90 Å². The highest BCUT2D eigenvalue weighted by Gasteiger charge is 2.40. The Morgan fingerprint density at radius 2 is 1.65 bits per heavy atom. The predicted molar refractivity (Wildman–Crippen MR) is 166 cm³/mol. The maximum absolute atomic E-state index is 6.33. The summed E-state index contributed by atoms with van der Waals surface area (Å²) < 4.78 is 6.33. The molecular formula is C33H66N2O2. The molecule has 0 spiro atoms. The number of hydrogen-bond acceptors (Lipinski definition) is 4. The quantitative estimate of drug-likeness (QED) is 0.178. The summed E-state index contributed by atoms with van der Waals surface area (Å²) in [5.41, 5.74) is 1.29. The molecule has 4 heteroatoms. The van der Waals surface area contributed by atoms with E-state index in [0.717, 1.165) is 50.3 Å². The molecule has 4 nitrogen and oxygen atoms in total. The van der Waals surface area contributed by atoms with Crippen LogP contribution in [0.15, 0.2) is 29.2 Å². The van der Waals surface area contributed by atoms with Crippen molar-refractivity contribution in [2.75, 3.05) is 13.7 Å². The van der Waals surface area contributed by atoms with Crippen LogP contribution in [0.1, 0.15) is 153 Å². The van der Waals surface area contributed by atoms with Crippen molar-refractivity contribution in [1.29, 1.82) is 0 Å². The largest absolute Gasteiger partial charge is 0.471 e. The first kappa shape index (κ1) is 37.7. The monoisotopic (exact) mass is 523 g/mol. The Kier molecular flexibility index (Phi) is 25.3. The maximum atomic E-state index is 6.33. The van der Waals surface area contributed by atoms with Crippen molar-refractivity contribution >= 4 is 5.90 Å². The Morgan fingerprint density at radius 3 is 2.19 bits per heavy atom. The van der Waals surface area contributed by atoms with Gasteiger partial charge < -0.3 is 14.5 Å². The molecule has 1 heterocycles. The van der Waals surface area contributed by atoms with E-state index in [1.54, 1.807) is 0 Å². The molecule has 0 N–H and O–H groups in total. The molecule has 0 saturated carbocycles. The van der Waals surface area contributed by atoms with Crippen molar-refractivity contribution < 1.29 is 9.57 Å². The minimum Gasteiger partial charge on any atom is -0.471 e. The van der Waals surface area contributed by atoms with Crippen LogP contribution in [0.25, 0.3) is 0 Å². The summed E-state index contributed by atoms with van der Waals surface area (Å²) >= 11 is 0. The Bertz CT molecular complexity index is 597. The smallest absolute Gasteiger partial charge is 0.232 e. The number of hydrogen-bond donors (Lipinski definition) is 0. The summed E-state index contributed by atoms with van der Waals surface area (Å²) in [5, 5.41) is 4.42. The lowest BCUT2D eigenvalue weighted by atomic mass is 9.73. The first-order chi connectivity index (χ1) is 17.8. The van der Waals surface area contributed by atoms with Gasteiger partial charge in [0.05, 0.1) is 5.41 Å². The van der Waals surface area contributed by atoms with E-state index in [-0.39, 0.29) is 11.5 Å². The van der Waals surface area contributed by atoms with Crippen molar-refractivity contribution in [3.05, 3.63) is 24.0 Å². The summed E-state index contributed by atoms with van der Waals surface area (Å²) in [6, 6.07) is 0. The molecule has 220 valence electrons. The number of rotatable bonds is 17. The molecule has 0 aromatic carbocycles. The summed E-state index contributed by atoms with van der Waals surface area (Å²) in [6.45, 7) is 22.4. The third-order valence-corrected chi connectivity index (χ3v) is 6.59. The van der Waals surface area contributed by atoms with Crippen LogP contribution in [0, 0.1) is 11.3 Å². The van der Waals surface area contributed by atoms with Crippen molar-refractivity contribution in [3.63, 3.8) is 0 Å². The molecule has 0 aromatic heterocycles. The molecule has 1 aliphatic rings. The van der Waals surface area contributed by atoms with E-state index in [1.807, 2.05) is 13.8 Å². The van der Waals surface area contributed by atoms with Crippen LogP contribution in [0.5, 0.6) is 0 Å². The minimum absolute atomic E-state index is 0.0619. The number of allylic oxidation sites excluding steroid dienone is 2. The third-order valence-electron chi connectivity index (χ3n) is 6.59. The fourth-order valence-electron chi connectivity index (χ4n) is 4.64. The molecule has 2 atom stereocenters. The second kappa shape index (κ2) is 24.9. The minimum atomic E-state index is -0.0619. The molecular weight excluding hydrogens is 456 g/mol. The highest BCUT2D eigenvalue weighted by Crippen LogP contribution is 2.40. The Morgan fingerprint density at radius 1 is 1.00 bits per heavy atom. The van der Waals surface area contributed by atoms with Gasteiger partial charge in [0.25, 0.3) is 0 Å². The number of nitrogens with zero attached hydrogens (tertiary/aromatic N) is 2. The van der Waals surface area contributed by atoms with E-state index in [9.17, 15) is 0 Å². The maximum Gasteiger partial charge on any atom is 0.232 e. The second-order valence-electron chi connectivity index (χ2n) is 10.8. The highest BCUT2D eigenvalue weighted by molar-refractivity contribution is 5.83. The first-order valence-corrected chi connectivity index (χ1v) is 15.7. The van der Waals surface area contributed by atoms with Crippen LogP contribution >= 0.6 is 0 Å². The standard InChI is InChI=1S/C23H42N2O2.C8H18.C2H6/c1-7-11-13-15-23(14-9-3,22-24-26-19-21(10-4)27-22)17-20(5)18-25(6)16-12-8-2;1-4-5-6-7-8(2)3;1-2/h12,16,18,21H,7-11,13-15,17,19H2,1-6H3;8H,4-7H2,1-3H3;1-2H3/b16-12-,20-18+;;. The molecule has 0 fully saturated rings. The summed E-state index contributed by atoms with van der Waals surface area (Å²) in [5.74, 6) is 1.74. The molecule has 2 unspecified atom stereocenters. The molecule has 1 rings (SSSR count). The zero-order valence-corrected chi connectivity index (χ0v) is 27.0. The SMILES string of the molecule is CC.CC/C=C\N(C)/C=C(\C)CC(CCC)(CCCCC)C1=NOCC(CC)O1.CCCCCC(C)C. The average Bonchev–Trinajstić information content (AvgIpc) is 2.89. The van der Waals surface area contributed by atoms with E-state index in [0.29, 0.717) is 6.61 Å². The lowest BCUT2D eigenvalue weighted by Gasteiger charge is -2.38. The van der Waals surface area contributed by atoms with Crippen LogP contribution < -0.4 is 0 Å². The zero-order chi connectivity index (χ0) is 28.5. The molecule has 0 saturated heterocycles. The van der Waals surface area contributed by atoms with Crippen LogP contribution in [0.2, 0.25) is 0 Å².